The molecule has 0 aromatic heterocycles. The summed E-state index contributed by atoms with van der Waals surface area (Å²) in [6.07, 6.45) is 0. The van der Waals surface area contributed by atoms with Crippen LogP contribution in [0.25, 0.3) is 0 Å². The molecule has 0 saturated carbocycles. The lowest BCUT2D eigenvalue weighted by atomic mass is 10.0. The summed E-state index contributed by atoms with van der Waals surface area (Å²) in [4.78, 5) is 24.3. The van der Waals surface area contributed by atoms with Gasteiger partial charge in [-0.05, 0) is 26.8 Å². The van der Waals surface area contributed by atoms with E-state index in [0.717, 1.165) is 17.0 Å². The number of benzene rings is 1. The molecule has 5 nitrogen and oxygen atoms in total. The van der Waals surface area contributed by atoms with Crippen LogP contribution >= 0.6 is 0 Å². The first-order valence-electron chi connectivity index (χ1n) is 6.43. The summed E-state index contributed by atoms with van der Waals surface area (Å²) in [5, 5.41) is 11.6. The van der Waals surface area contributed by atoms with Gasteiger partial charge in [-0.15, -0.1) is 0 Å². The second kappa shape index (κ2) is 6.51. The zero-order valence-corrected chi connectivity index (χ0v) is 12.1. The summed E-state index contributed by atoms with van der Waals surface area (Å²) in [6, 6.07) is 2.40. The molecule has 0 radical (unpaired) electrons. The highest BCUT2D eigenvalue weighted by molar-refractivity contribution is 5.85. The van der Waals surface area contributed by atoms with Gasteiger partial charge in [0.05, 0.1) is 0 Å². The molecule has 7 heteroatoms. The largest absolute Gasteiger partial charge is 0.480 e. The maximum absolute atomic E-state index is 13.4. The second-order valence-electron chi connectivity index (χ2n) is 5.00. The van der Waals surface area contributed by atoms with Crippen molar-refractivity contribution in [1.29, 1.82) is 0 Å². The molecule has 0 atom stereocenters. The summed E-state index contributed by atoms with van der Waals surface area (Å²) in [7, 11) is 0. The fraction of sp³-hybridized carbons (Fsp3) is 0.429. The number of rotatable bonds is 5. The number of hydrogen-bond donors (Lipinski definition) is 2. The third-order valence-electron chi connectivity index (χ3n) is 3.20. The molecule has 0 aliphatic carbocycles. The number of halogens is 2. The first kappa shape index (κ1) is 16.9. The minimum atomic E-state index is -1.39. The zero-order valence-electron chi connectivity index (χ0n) is 12.1. The Morgan fingerprint density at radius 3 is 2.43 bits per heavy atom. The molecule has 1 rings (SSSR count). The van der Waals surface area contributed by atoms with Crippen LogP contribution in [0.15, 0.2) is 18.2 Å². The SMILES string of the molecule is CCN(C(=O)NCc1ccc(F)cc1F)C(C)(C)C(=O)O. The average molecular weight is 300 g/mol. The Balaban J connectivity index is 2.78. The second-order valence-corrected chi connectivity index (χ2v) is 5.00. The number of amides is 2. The highest BCUT2D eigenvalue weighted by atomic mass is 19.1. The van der Waals surface area contributed by atoms with E-state index in [4.69, 9.17) is 5.11 Å². The van der Waals surface area contributed by atoms with Gasteiger partial charge in [-0.1, -0.05) is 6.07 Å². The van der Waals surface area contributed by atoms with Gasteiger partial charge in [0.15, 0.2) is 0 Å². The van der Waals surface area contributed by atoms with Crippen molar-refractivity contribution < 1.29 is 23.5 Å². The molecule has 2 amide bonds. The summed E-state index contributed by atoms with van der Waals surface area (Å²) in [5.74, 6) is -2.62. The summed E-state index contributed by atoms with van der Waals surface area (Å²) >= 11 is 0. The Bertz CT molecular complexity index is 547. The van der Waals surface area contributed by atoms with Gasteiger partial charge in [0.2, 0.25) is 0 Å². The minimum absolute atomic E-state index is 0.119. The number of hydrogen-bond acceptors (Lipinski definition) is 2. The van der Waals surface area contributed by atoms with Gasteiger partial charge in [0, 0.05) is 24.7 Å². The van der Waals surface area contributed by atoms with Crippen LogP contribution in [0.2, 0.25) is 0 Å². The quantitative estimate of drug-likeness (QED) is 0.877. The molecule has 0 aliphatic rings. The molecule has 0 fully saturated rings. The number of carbonyl (C=O) groups is 2. The summed E-state index contributed by atoms with van der Waals surface area (Å²) < 4.78 is 26.2. The zero-order chi connectivity index (χ0) is 16.2. The van der Waals surface area contributed by atoms with E-state index in [9.17, 15) is 18.4 Å². The monoisotopic (exact) mass is 300 g/mol. The van der Waals surface area contributed by atoms with Crippen molar-refractivity contribution in [2.75, 3.05) is 6.54 Å². The van der Waals surface area contributed by atoms with Crippen molar-refractivity contribution in [1.82, 2.24) is 10.2 Å². The van der Waals surface area contributed by atoms with Gasteiger partial charge in [0.1, 0.15) is 17.2 Å². The molecule has 0 saturated heterocycles. The van der Waals surface area contributed by atoms with E-state index < -0.39 is 29.2 Å². The van der Waals surface area contributed by atoms with E-state index in [1.165, 1.54) is 19.9 Å². The predicted octanol–water partition coefficient (Wildman–Crippen LogP) is 2.36. The fourth-order valence-corrected chi connectivity index (χ4v) is 1.84. The minimum Gasteiger partial charge on any atom is -0.480 e. The third kappa shape index (κ3) is 3.90. The number of likely N-dealkylation sites (N-methyl/N-ethyl adjacent to an activating group) is 1. The Labute approximate surface area is 121 Å². The smallest absolute Gasteiger partial charge is 0.329 e. The van der Waals surface area contributed by atoms with E-state index in [1.807, 2.05) is 0 Å². The lowest BCUT2D eigenvalue weighted by molar-refractivity contribution is -0.147. The molecule has 0 unspecified atom stereocenters. The molecule has 21 heavy (non-hydrogen) atoms. The molecule has 0 aliphatic heterocycles. The van der Waals surface area contributed by atoms with Gasteiger partial charge in [-0.2, -0.15) is 0 Å². The van der Waals surface area contributed by atoms with Crippen LogP contribution in [0.3, 0.4) is 0 Å². The third-order valence-corrected chi connectivity index (χ3v) is 3.20. The van der Waals surface area contributed by atoms with Gasteiger partial charge < -0.3 is 15.3 Å². The molecular weight excluding hydrogens is 282 g/mol. The van der Waals surface area contributed by atoms with Crippen molar-refractivity contribution >= 4 is 12.0 Å². The van der Waals surface area contributed by atoms with Gasteiger partial charge >= 0.3 is 12.0 Å². The Morgan fingerprint density at radius 2 is 1.95 bits per heavy atom. The van der Waals surface area contributed by atoms with Gasteiger partial charge in [-0.25, -0.2) is 18.4 Å². The van der Waals surface area contributed by atoms with Crippen LogP contribution in [-0.4, -0.2) is 34.1 Å². The van der Waals surface area contributed by atoms with Crippen LogP contribution in [0.1, 0.15) is 26.3 Å². The van der Waals surface area contributed by atoms with Crippen LogP contribution in [0.5, 0.6) is 0 Å². The Hall–Kier alpha value is -2.18. The standard InChI is InChI=1S/C14H18F2N2O3/c1-4-18(14(2,3)12(19)20)13(21)17-8-9-5-6-10(15)7-11(9)16/h5-7H,4,8H2,1-3H3,(H,17,21)(H,19,20). The van der Waals surface area contributed by atoms with Crippen LogP contribution in [0.4, 0.5) is 13.6 Å². The highest BCUT2D eigenvalue weighted by Gasteiger charge is 2.36. The van der Waals surface area contributed by atoms with E-state index in [1.54, 1.807) is 6.92 Å². The first-order valence-corrected chi connectivity index (χ1v) is 6.43. The topological polar surface area (TPSA) is 69.6 Å². The molecule has 1 aromatic rings. The molecule has 116 valence electrons. The van der Waals surface area contributed by atoms with E-state index >= 15 is 0 Å². The maximum atomic E-state index is 13.4. The number of urea groups is 1. The van der Waals surface area contributed by atoms with E-state index in [-0.39, 0.29) is 18.7 Å². The number of nitrogens with zero attached hydrogens (tertiary/aromatic N) is 1. The number of carboxylic acid groups (broad SMARTS) is 1. The van der Waals surface area contributed by atoms with Crippen molar-refractivity contribution in [3.05, 3.63) is 35.4 Å². The van der Waals surface area contributed by atoms with Crippen LogP contribution < -0.4 is 5.32 Å². The molecule has 0 spiro atoms. The first-order chi connectivity index (χ1) is 9.70. The summed E-state index contributed by atoms with van der Waals surface area (Å²) in [5.41, 5.74) is -1.27. The number of nitrogens with one attached hydrogen (secondary N) is 1. The molecule has 2 N–H and O–H groups in total. The average Bonchev–Trinajstić information content (AvgIpc) is 2.38. The van der Waals surface area contributed by atoms with Crippen molar-refractivity contribution in [3.63, 3.8) is 0 Å². The molecule has 1 aromatic carbocycles. The van der Waals surface area contributed by atoms with Crippen LogP contribution in [-0.2, 0) is 11.3 Å². The van der Waals surface area contributed by atoms with E-state index in [2.05, 4.69) is 5.32 Å². The normalized spacial score (nSPS) is 11.1. The number of aliphatic carboxylic acids is 1. The summed E-state index contributed by atoms with van der Waals surface area (Å²) in [6.45, 7) is 4.46. The Kier molecular flexibility index (Phi) is 5.23. The van der Waals surface area contributed by atoms with E-state index in [0.29, 0.717) is 0 Å². The van der Waals surface area contributed by atoms with Crippen LogP contribution in [0, 0.1) is 11.6 Å². The number of carbonyl (C=O) groups excluding carboxylic acids is 1. The molecule has 0 heterocycles. The lowest BCUT2D eigenvalue weighted by Gasteiger charge is -2.34. The predicted molar refractivity (Wildman–Crippen MR) is 72.7 cm³/mol. The van der Waals surface area contributed by atoms with Gasteiger partial charge in [-0.3, -0.25) is 0 Å². The fourth-order valence-electron chi connectivity index (χ4n) is 1.84. The molecule has 0 bridgehead atoms. The van der Waals surface area contributed by atoms with Crippen molar-refractivity contribution in [2.45, 2.75) is 32.9 Å². The van der Waals surface area contributed by atoms with Crippen molar-refractivity contribution in [3.8, 4) is 0 Å². The van der Waals surface area contributed by atoms with Gasteiger partial charge in [0.25, 0.3) is 0 Å². The maximum Gasteiger partial charge on any atom is 0.329 e. The van der Waals surface area contributed by atoms with Crippen molar-refractivity contribution in [2.24, 2.45) is 0 Å². The Morgan fingerprint density at radius 1 is 1.33 bits per heavy atom. The number of carboxylic acids is 1. The lowest BCUT2D eigenvalue weighted by Crippen LogP contribution is -2.55. The highest BCUT2D eigenvalue weighted by Crippen LogP contribution is 2.15. The molecular formula is C14H18F2N2O3.